The minimum atomic E-state index is -4.34. The number of carbonyl (C=O) groups excluding carboxylic acids is 1. The Morgan fingerprint density at radius 2 is 2.17 bits per heavy atom. The molecule has 0 N–H and O–H groups in total. The van der Waals surface area contributed by atoms with Crippen LogP contribution < -0.4 is 0 Å². The summed E-state index contributed by atoms with van der Waals surface area (Å²) in [5.74, 6) is 0.163. The minimum absolute atomic E-state index is 0.0619. The number of rotatable bonds is 5. The Morgan fingerprint density at radius 3 is 2.79 bits per heavy atom. The van der Waals surface area contributed by atoms with Gasteiger partial charge in [0.1, 0.15) is 0 Å². The largest absolute Gasteiger partial charge is 0.416 e. The van der Waals surface area contributed by atoms with Crippen LogP contribution in [0.1, 0.15) is 36.8 Å². The fraction of sp³-hybridized carbons (Fsp3) is 0.611. The third-order valence-electron chi connectivity index (χ3n) is 4.95. The molecule has 24 heavy (non-hydrogen) atoms. The summed E-state index contributed by atoms with van der Waals surface area (Å²) >= 11 is 0. The van der Waals surface area contributed by atoms with Gasteiger partial charge in [0.15, 0.2) is 0 Å². The molecule has 0 bridgehead atoms. The summed E-state index contributed by atoms with van der Waals surface area (Å²) in [5.41, 5.74) is -0.0306. The zero-order valence-electron chi connectivity index (χ0n) is 13.7. The van der Waals surface area contributed by atoms with Crippen molar-refractivity contribution >= 4 is 5.91 Å². The van der Waals surface area contributed by atoms with Crippen molar-refractivity contribution in [3.05, 3.63) is 35.4 Å². The van der Waals surface area contributed by atoms with E-state index in [2.05, 4.69) is 0 Å². The second-order valence-electron chi connectivity index (χ2n) is 6.68. The van der Waals surface area contributed by atoms with Crippen LogP contribution in [-0.2, 0) is 15.7 Å². The molecule has 3 atom stereocenters. The van der Waals surface area contributed by atoms with Crippen molar-refractivity contribution in [3.8, 4) is 0 Å². The summed E-state index contributed by atoms with van der Waals surface area (Å²) in [4.78, 5) is 14.5. The van der Waals surface area contributed by atoms with Crippen LogP contribution in [0.3, 0.4) is 0 Å². The molecule has 1 heterocycles. The second kappa shape index (κ2) is 6.75. The highest BCUT2D eigenvalue weighted by Gasteiger charge is 2.46. The van der Waals surface area contributed by atoms with E-state index in [1.54, 1.807) is 6.07 Å². The molecule has 3 rings (SSSR count). The number of hydrogen-bond acceptors (Lipinski definition) is 2. The van der Waals surface area contributed by atoms with E-state index in [-0.39, 0.29) is 17.7 Å². The van der Waals surface area contributed by atoms with Crippen molar-refractivity contribution in [3.63, 3.8) is 0 Å². The highest BCUT2D eigenvalue weighted by Crippen LogP contribution is 2.49. The van der Waals surface area contributed by atoms with Crippen LogP contribution in [0.5, 0.6) is 0 Å². The van der Waals surface area contributed by atoms with Crippen LogP contribution in [-0.4, -0.2) is 37.1 Å². The molecule has 1 aliphatic heterocycles. The number of nitrogens with zero attached hydrogens (tertiary/aromatic N) is 1. The fourth-order valence-corrected chi connectivity index (χ4v) is 3.43. The van der Waals surface area contributed by atoms with Crippen molar-refractivity contribution < 1.29 is 22.7 Å². The molecule has 0 unspecified atom stereocenters. The summed E-state index contributed by atoms with van der Waals surface area (Å²) in [6.07, 6.45) is -2.74. The third-order valence-corrected chi connectivity index (χ3v) is 4.95. The second-order valence-corrected chi connectivity index (χ2v) is 6.68. The van der Waals surface area contributed by atoms with Gasteiger partial charge in [0.2, 0.25) is 5.91 Å². The highest BCUT2D eigenvalue weighted by atomic mass is 19.4. The molecule has 0 aromatic heterocycles. The van der Waals surface area contributed by atoms with Crippen molar-refractivity contribution in [2.75, 3.05) is 26.3 Å². The SMILES string of the molecule is CCN(C[C@@H]1CCOC1)C(=O)[C@H]1C[C@H]1c1cccc(C(F)(F)F)c1. The first-order valence-electron chi connectivity index (χ1n) is 8.43. The predicted molar refractivity (Wildman–Crippen MR) is 83.5 cm³/mol. The van der Waals surface area contributed by atoms with Crippen molar-refractivity contribution in [1.29, 1.82) is 0 Å². The van der Waals surface area contributed by atoms with Gasteiger partial charge in [0.25, 0.3) is 0 Å². The van der Waals surface area contributed by atoms with Crippen LogP contribution in [0.15, 0.2) is 24.3 Å². The molecular formula is C18H22F3NO2. The van der Waals surface area contributed by atoms with Gasteiger partial charge in [-0.2, -0.15) is 13.2 Å². The van der Waals surface area contributed by atoms with Gasteiger partial charge >= 0.3 is 6.18 Å². The third kappa shape index (κ3) is 3.74. The molecule has 1 saturated heterocycles. The maximum absolute atomic E-state index is 12.8. The Balaban J connectivity index is 1.64. The van der Waals surface area contributed by atoms with Crippen LogP contribution in [0, 0.1) is 11.8 Å². The molecule has 3 nitrogen and oxygen atoms in total. The minimum Gasteiger partial charge on any atom is -0.381 e. The maximum atomic E-state index is 12.8. The van der Waals surface area contributed by atoms with E-state index < -0.39 is 11.7 Å². The molecule has 2 fully saturated rings. The average Bonchev–Trinajstić information content (AvgIpc) is 3.19. The predicted octanol–water partition coefficient (Wildman–Crippen LogP) is 3.69. The Morgan fingerprint density at radius 1 is 1.38 bits per heavy atom. The van der Waals surface area contributed by atoms with Gasteiger partial charge in [-0.25, -0.2) is 0 Å². The van der Waals surface area contributed by atoms with Gasteiger partial charge in [-0.05, 0) is 37.3 Å². The van der Waals surface area contributed by atoms with Crippen molar-refractivity contribution in [2.45, 2.75) is 31.9 Å². The Hall–Kier alpha value is -1.56. The van der Waals surface area contributed by atoms with Gasteiger partial charge in [-0.15, -0.1) is 0 Å². The number of amides is 1. The molecular weight excluding hydrogens is 319 g/mol. The summed E-state index contributed by atoms with van der Waals surface area (Å²) < 4.78 is 43.8. The van der Waals surface area contributed by atoms with Crippen molar-refractivity contribution in [2.24, 2.45) is 11.8 Å². The lowest BCUT2D eigenvalue weighted by atomic mass is 10.0. The lowest BCUT2D eigenvalue weighted by Gasteiger charge is -2.24. The first kappa shape index (κ1) is 17.3. The van der Waals surface area contributed by atoms with Gasteiger partial charge < -0.3 is 9.64 Å². The Bertz CT molecular complexity index is 596. The molecule has 1 saturated carbocycles. The van der Waals surface area contributed by atoms with Gasteiger partial charge in [0, 0.05) is 31.5 Å². The molecule has 2 aliphatic rings. The summed E-state index contributed by atoms with van der Waals surface area (Å²) in [5, 5.41) is 0. The first-order valence-corrected chi connectivity index (χ1v) is 8.43. The summed E-state index contributed by atoms with van der Waals surface area (Å²) in [6.45, 7) is 4.68. The quantitative estimate of drug-likeness (QED) is 0.817. The van der Waals surface area contributed by atoms with E-state index >= 15 is 0 Å². The van der Waals surface area contributed by atoms with E-state index in [1.165, 1.54) is 12.1 Å². The lowest BCUT2D eigenvalue weighted by molar-refractivity contribution is -0.137. The van der Waals surface area contributed by atoms with E-state index in [9.17, 15) is 18.0 Å². The molecule has 1 aromatic rings. The first-order chi connectivity index (χ1) is 11.4. The highest BCUT2D eigenvalue weighted by molar-refractivity contribution is 5.83. The van der Waals surface area contributed by atoms with Gasteiger partial charge in [-0.1, -0.05) is 18.2 Å². The number of halogens is 3. The van der Waals surface area contributed by atoms with E-state index in [0.29, 0.717) is 37.6 Å². The topological polar surface area (TPSA) is 29.5 Å². The van der Waals surface area contributed by atoms with Crippen molar-refractivity contribution in [1.82, 2.24) is 4.90 Å². The molecule has 6 heteroatoms. The van der Waals surface area contributed by atoms with Crippen LogP contribution in [0.25, 0.3) is 0 Å². The van der Waals surface area contributed by atoms with Gasteiger partial charge in [-0.3, -0.25) is 4.79 Å². The number of carbonyl (C=O) groups is 1. The molecule has 1 amide bonds. The summed E-state index contributed by atoms with van der Waals surface area (Å²) in [6, 6.07) is 5.36. The Labute approximate surface area is 139 Å². The summed E-state index contributed by atoms with van der Waals surface area (Å²) in [7, 11) is 0. The van der Waals surface area contributed by atoms with E-state index in [1.807, 2.05) is 11.8 Å². The number of benzene rings is 1. The van der Waals surface area contributed by atoms with E-state index in [0.717, 1.165) is 19.1 Å². The molecule has 1 aromatic carbocycles. The lowest BCUT2D eigenvalue weighted by Crippen LogP contribution is -2.36. The standard InChI is InChI=1S/C18H22F3NO2/c1-2-22(10-12-6-7-24-11-12)17(23)16-9-15(16)13-4-3-5-14(8-13)18(19,20)21/h3-5,8,12,15-16H,2,6-7,9-11H2,1H3/t12-,15-,16-/m0/s1. The van der Waals surface area contributed by atoms with Crippen LogP contribution in [0.4, 0.5) is 13.2 Å². The number of alkyl halides is 3. The number of ether oxygens (including phenoxy) is 1. The smallest absolute Gasteiger partial charge is 0.381 e. The Kier molecular flexibility index (Phi) is 4.85. The molecule has 0 radical (unpaired) electrons. The zero-order chi connectivity index (χ0) is 17.3. The van der Waals surface area contributed by atoms with Gasteiger partial charge in [0.05, 0.1) is 12.2 Å². The molecule has 132 valence electrons. The monoisotopic (exact) mass is 341 g/mol. The molecule has 1 aliphatic carbocycles. The zero-order valence-corrected chi connectivity index (χ0v) is 13.7. The normalized spacial score (nSPS) is 26.4. The van der Waals surface area contributed by atoms with Crippen LogP contribution >= 0.6 is 0 Å². The molecule has 0 spiro atoms. The average molecular weight is 341 g/mol. The maximum Gasteiger partial charge on any atom is 0.416 e. The van der Waals surface area contributed by atoms with E-state index in [4.69, 9.17) is 4.74 Å². The fourth-order valence-electron chi connectivity index (χ4n) is 3.43. The number of hydrogen-bond donors (Lipinski definition) is 0. The van der Waals surface area contributed by atoms with Crippen LogP contribution in [0.2, 0.25) is 0 Å².